The van der Waals surface area contributed by atoms with E-state index >= 15 is 0 Å². The van der Waals surface area contributed by atoms with Gasteiger partial charge in [-0.25, -0.2) is 4.98 Å². The summed E-state index contributed by atoms with van der Waals surface area (Å²) in [7, 11) is 1.65. The molecule has 6 nitrogen and oxygen atoms in total. The third-order valence-electron chi connectivity index (χ3n) is 7.47. The van der Waals surface area contributed by atoms with Gasteiger partial charge in [-0.05, 0) is 82.6 Å². The molecular formula is C33H42N4O2. The molecule has 6 heteroatoms. The number of rotatable bonds is 12. The van der Waals surface area contributed by atoms with Crippen LogP contribution in [0, 0.1) is 0 Å². The summed E-state index contributed by atoms with van der Waals surface area (Å²) < 4.78 is 7.83. The summed E-state index contributed by atoms with van der Waals surface area (Å²) in [5, 5.41) is 9.90. The molecular weight excluding hydrogens is 484 g/mol. The van der Waals surface area contributed by atoms with Crippen LogP contribution in [0.3, 0.4) is 0 Å². The lowest BCUT2D eigenvalue weighted by Crippen LogP contribution is -2.21. The lowest BCUT2D eigenvalue weighted by atomic mass is 10.0. The zero-order chi connectivity index (χ0) is 27.9. The number of aliphatic hydroxyl groups is 1. The molecule has 1 heterocycles. The van der Waals surface area contributed by atoms with Gasteiger partial charge < -0.3 is 24.2 Å². The Balaban J connectivity index is 1.92. The number of imidazole rings is 1. The Kier molecular flexibility index (Phi) is 9.31. The Morgan fingerprint density at radius 1 is 0.718 bits per heavy atom. The second-order valence-corrected chi connectivity index (χ2v) is 9.54. The second-order valence-electron chi connectivity index (χ2n) is 9.54. The van der Waals surface area contributed by atoms with Gasteiger partial charge in [0.05, 0.1) is 25.1 Å². The second kappa shape index (κ2) is 12.9. The molecule has 3 aromatic carbocycles. The van der Waals surface area contributed by atoms with Crippen LogP contribution in [-0.2, 0) is 13.2 Å². The fourth-order valence-electron chi connectivity index (χ4n) is 5.31. The smallest absolute Gasteiger partial charge is 0.141 e. The van der Waals surface area contributed by atoms with Crippen molar-refractivity contribution in [1.82, 2.24) is 9.55 Å². The molecule has 4 aromatic rings. The van der Waals surface area contributed by atoms with Gasteiger partial charge in [-0.15, -0.1) is 0 Å². The minimum Gasteiger partial charge on any atom is -0.497 e. The number of hydrogen-bond acceptors (Lipinski definition) is 5. The predicted octanol–water partition coefficient (Wildman–Crippen LogP) is 7.10. The van der Waals surface area contributed by atoms with Crippen molar-refractivity contribution in [3.05, 3.63) is 72.3 Å². The molecule has 0 saturated carbocycles. The predicted molar refractivity (Wildman–Crippen MR) is 164 cm³/mol. The van der Waals surface area contributed by atoms with Crippen LogP contribution in [0.5, 0.6) is 5.75 Å². The van der Waals surface area contributed by atoms with Crippen molar-refractivity contribution in [2.75, 3.05) is 43.1 Å². The number of nitrogens with zero attached hydrogens (tertiary/aromatic N) is 4. The van der Waals surface area contributed by atoms with Crippen LogP contribution in [0.1, 0.15) is 40.2 Å². The van der Waals surface area contributed by atoms with Crippen molar-refractivity contribution < 1.29 is 9.84 Å². The van der Waals surface area contributed by atoms with Gasteiger partial charge in [-0.3, -0.25) is 0 Å². The van der Waals surface area contributed by atoms with E-state index in [2.05, 4.69) is 97.5 Å². The number of aliphatic hydroxyl groups excluding tert-OH is 1. The quantitative estimate of drug-likeness (QED) is 0.213. The normalized spacial score (nSPS) is 11.1. The summed E-state index contributed by atoms with van der Waals surface area (Å²) in [5.74, 6) is 1.56. The van der Waals surface area contributed by atoms with E-state index in [1.807, 2.05) is 18.2 Å². The molecule has 0 atom stereocenters. The van der Waals surface area contributed by atoms with E-state index in [1.165, 1.54) is 11.4 Å². The maximum Gasteiger partial charge on any atom is 0.141 e. The summed E-state index contributed by atoms with van der Waals surface area (Å²) >= 11 is 0. The van der Waals surface area contributed by atoms with Gasteiger partial charge in [0.15, 0.2) is 0 Å². The van der Waals surface area contributed by atoms with Crippen LogP contribution in [0.4, 0.5) is 11.4 Å². The zero-order valence-corrected chi connectivity index (χ0v) is 24.2. The zero-order valence-electron chi connectivity index (χ0n) is 24.2. The summed E-state index contributed by atoms with van der Waals surface area (Å²) in [6, 6.07) is 23.4. The number of anilines is 2. The van der Waals surface area contributed by atoms with Gasteiger partial charge in [-0.1, -0.05) is 24.3 Å². The minimum absolute atomic E-state index is 0.0591. The Labute approximate surface area is 233 Å². The van der Waals surface area contributed by atoms with Crippen molar-refractivity contribution in [3.63, 3.8) is 0 Å². The van der Waals surface area contributed by atoms with Crippen molar-refractivity contribution in [1.29, 1.82) is 0 Å². The average Bonchev–Trinajstić information content (AvgIpc) is 3.38. The SMILES string of the molecule is CCN(CC)c1ccc(-c2nc(-c3cc(CO)cc(OC)c3)n(CC)c2-c2ccc(N(CC)CC)cc2)cc1. The van der Waals surface area contributed by atoms with E-state index in [0.29, 0.717) is 5.75 Å². The Bertz CT molecular complexity index is 1330. The fraction of sp³-hybridized carbons (Fsp3) is 0.364. The third-order valence-corrected chi connectivity index (χ3v) is 7.47. The number of benzene rings is 3. The van der Waals surface area contributed by atoms with Gasteiger partial charge >= 0.3 is 0 Å². The summed E-state index contributed by atoms with van der Waals surface area (Å²) in [5.41, 5.74) is 8.38. The summed E-state index contributed by atoms with van der Waals surface area (Å²) in [6.45, 7) is 15.5. The van der Waals surface area contributed by atoms with Gasteiger partial charge in [0, 0.05) is 60.8 Å². The molecule has 0 aliphatic carbocycles. The first kappa shape index (κ1) is 28.2. The summed E-state index contributed by atoms with van der Waals surface area (Å²) in [4.78, 5) is 9.95. The first-order valence-corrected chi connectivity index (χ1v) is 14.1. The molecule has 0 aliphatic rings. The highest BCUT2D eigenvalue weighted by Gasteiger charge is 2.22. The molecule has 206 valence electrons. The standard InChI is InChI=1S/C33H42N4O2/c1-7-35(8-2)28-16-12-25(13-17-28)31-32(26-14-18-29(19-15-26)36(9-3)10-4)37(11-5)33(34-31)27-20-24(23-38)21-30(22-27)39-6/h12-22,38H,7-11,23H2,1-6H3. The molecule has 1 aromatic heterocycles. The maximum atomic E-state index is 9.90. The van der Waals surface area contributed by atoms with Crippen LogP contribution in [0.2, 0.25) is 0 Å². The van der Waals surface area contributed by atoms with Gasteiger partial charge in [0.2, 0.25) is 0 Å². The number of hydrogen-bond donors (Lipinski definition) is 1. The molecule has 0 aliphatic heterocycles. The lowest BCUT2D eigenvalue weighted by Gasteiger charge is -2.21. The summed E-state index contributed by atoms with van der Waals surface area (Å²) in [6.07, 6.45) is 0. The van der Waals surface area contributed by atoms with E-state index in [9.17, 15) is 5.11 Å². The van der Waals surface area contributed by atoms with Crippen molar-refractivity contribution in [2.24, 2.45) is 0 Å². The van der Waals surface area contributed by atoms with Crippen LogP contribution in [-0.4, -0.2) is 47.9 Å². The van der Waals surface area contributed by atoms with Crippen LogP contribution in [0.25, 0.3) is 33.9 Å². The molecule has 39 heavy (non-hydrogen) atoms. The molecule has 0 amide bonds. The average molecular weight is 527 g/mol. The van der Waals surface area contributed by atoms with E-state index in [4.69, 9.17) is 9.72 Å². The largest absolute Gasteiger partial charge is 0.497 e. The highest BCUT2D eigenvalue weighted by molar-refractivity contribution is 5.83. The number of ether oxygens (including phenoxy) is 1. The fourth-order valence-corrected chi connectivity index (χ4v) is 5.31. The van der Waals surface area contributed by atoms with Crippen molar-refractivity contribution in [2.45, 2.75) is 47.8 Å². The highest BCUT2D eigenvalue weighted by Crippen LogP contribution is 2.38. The topological polar surface area (TPSA) is 53.8 Å². The monoisotopic (exact) mass is 526 g/mol. The van der Waals surface area contributed by atoms with Crippen LogP contribution >= 0.6 is 0 Å². The molecule has 0 saturated heterocycles. The van der Waals surface area contributed by atoms with Gasteiger partial charge in [0.1, 0.15) is 11.6 Å². The molecule has 0 fully saturated rings. The van der Waals surface area contributed by atoms with Gasteiger partial charge in [0.25, 0.3) is 0 Å². The first-order chi connectivity index (χ1) is 19.0. The molecule has 0 radical (unpaired) electrons. The van der Waals surface area contributed by atoms with E-state index in [-0.39, 0.29) is 6.61 Å². The van der Waals surface area contributed by atoms with Gasteiger partial charge in [-0.2, -0.15) is 0 Å². The third kappa shape index (κ3) is 5.81. The Hall–Kier alpha value is -3.77. The molecule has 0 spiro atoms. The Morgan fingerprint density at radius 3 is 1.72 bits per heavy atom. The van der Waals surface area contributed by atoms with Crippen molar-refractivity contribution in [3.8, 4) is 39.7 Å². The van der Waals surface area contributed by atoms with Crippen LogP contribution in [0.15, 0.2) is 66.7 Å². The molecule has 0 unspecified atom stereocenters. The first-order valence-electron chi connectivity index (χ1n) is 14.1. The van der Waals surface area contributed by atoms with Crippen molar-refractivity contribution >= 4 is 11.4 Å². The molecule has 0 bridgehead atoms. The van der Waals surface area contributed by atoms with E-state index < -0.39 is 0 Å². The maximum absolute atomic E-state index is 9.90. The molecule has 1 N–H and O–H groups in total. The van der Waals surface area contributed by atoms with Crippen LogP contribution < -0.4 is 14.5 Å². The lowest BCUT2D eigenvalue weighted by molar-refractivity contribution is 0.281. The minimum atomic E-state index is -0.0591. The molecule has 4 rings (SSSR count). The van der Waals surface area contributed by atoms with E-state index in [0.717, 1.165) is 72.2 Å². The highest BCUT2D eigenvalue weighted by atomic mass is 16.5. The number of aromatic nitrogens is 2. The van der Waals surface area contributed by atoms with E-state index in [1.54, 1.807) is 7.11 Å². The number of methoxy groups -OCH3 is 1. The Morgan fingerprint density at radius 2 is 1.26 bits per heavy atom.